The molecule has 0 aromatic carbocycles. The number of carboxylic acid groups (broad SMARTS) is 1. The molecule has 6 heteroatoms. The number of anilines is 2. The minimum absolute atomic E-state index is 0.121. The smallest absolute Gasteiger partial charge is 0.339 e. The highest BCUT2D eigenvalue weighted by molar-refractivity contribution is 7.08. The van der Waals surface area contributed by atoms with Crippen molar-refractivity contribution in [2.45, 2.75) is 6.92 Å². The summed E-state index contributed by atoms with van der Waals surface area (Å²) in [5.74, 6) is -0.611. The second-order valence-electron chi connectivity index (χ2n) is 3.13. The fraction of sp³-hybridized carbons (Fsp3) is 0.100. The van der Waals surface area contributed by atoms with E-state index in [1.165, 1.54) is 6.20 Å². The van der Waals surface area contributed by atoms with Crippen molar-refractivity contribution < 1.29 is 9.90 Å². The first-order valence-electron chi connectivity index (χ1n) is 4.53. The van der Waals surface area contributed by atoms with Crippen molar-refractivity contribution in [2.24, 2.45) is 0 Å². The number of nitrogens with zero attached hydrogens (tertiary/aromatic N) is 2. The van der Waals surface area contributed by atoms with Crippen LogP contribution in [0.5, 0.6) is 0 Å². The zero-order chi connectivity index (χ0) is 11.5. The van der Waals surface area contributed by atoms with Crippen molar-refractivity contribution in [1.29, 1.82) is 0 Å². The van der Waals surface area contributed by atoms with Crippen LogP contribution in [0.3, 0.4) is 0 Å². The van der Waals surface area contributed by atoms with Crippen LogP contribution in [0.25, 0.3) is 0 Å². The number of hydrogen-bond acceptors (Lipinski definition) is 5. The third-order valence-corrected chi connectivity index (χ3v) is 2.67. The van der Waals surface area contributed by atoms with E-state index in [1.54, 1.807) is 18.3 Å². The molecule has 0 unspecified atom stereocenters. The highest BCUT2D eigenvalue weighted by atomic mass is 32.1. The standard InChI is InChI=1S/C10H9N3O2S/c1-6-8(9(14)15)4-11-10(12-6)13-7-2-3-16-5-7/h2-5H,1H3,(H,14,15)(H,11,12,13). The molecule has 0 saturated carbocycles. The molecular weight excluding hydrogens is 226 g/mol. The molecule has 0 aliphatic rings. The molecule has 16 heavy (non-hydrogen) atoms. The van der Waals surface area contributed by atoms with Gasteiger partial charge in [0.25, 0.3) is 0 Å². The van der Waals surface area contributed by atoms with Crippen molar-refractivity contribution in [3.63, 3.8) is 0 Å². The van der Waals surface area contributed by atoms with Gasteiger partial charge in [0.05, 0.1) is 16.9 Å². The normalized spacial score (nSPS) is 10.1. The number of rotatable bonds is 3. The number of aromatic nitrogens is 2. The van der Waals surface area contributed by atoms with Gasteiger partial charge < -0.3 is 10.4 Å². The Morgan fingerprint density at radius 3 is 2.94 bits per heavy atom. The third kappa shape index (κ3) is 2.17. The van der Waals surface area contributed by atoms with Gasteiger partial charge in [-0.3, -0.25) is 0 Å². The van der Waals surface area contributed by atoms with E-state index in [9.17, 15) is 4.79 Å². The number of aromatic carboxylic acids is 1. The Kier molecular flexibility index (Phi) is 2.82. The Bertz CT molecular complexity index is 511. The summed E-state index contributed by atoms with van der Waals surface area (Å²) in [6, 6.07) is 1.90. The van der Waals surface area contributed by atoms with E-state index in [0.717, 1.165) is 5.69 Å². The maximum Gasteiger partial charge on any atom is 0.339 e. The summed E-state index contributed by atoms with van der Waals surface area (Å²) < 4.78 is 0. The molecule has 0 aliphatic carbocycles. The molecule has 5 nitrogen and oxygen atoms in total. The average Bonchev–Trinajstić information content (AvgIpc) is 2.70. The van der Waals surface area contributed by atoms with Crippen molar-refractivity contribution in [3.8, 4) is 0 Å². The number of carboxylic acids is 1. The van der Waals surface area contributed by atoms with Crippen LogP contribution in [0.2, 0.25) is 0 Å². The van der Waals surface area contributed by atoms with E-state index < -0.39 is 5.97 Å². The largest absolute Gasteiger partial charge is 0.478 e. The highest BCUT2D eigenvalue weighted by Crippen LogP contribution is 2.16. The Hall–Kier alpha value is -1.95. The fourth-order valence-corrected chi connectivity index (χ4v) is 1.79. The van der Waals surface area contributed by atoms with Crippen molar-refractivity contribution >= 4 is 28.9 Å². The van der Waals surface area contributed by atoms with Gasteiger partial charge in [0.2, 0.25) is 5.95 Å². The summed E-state index contributed by atoms with van der Waals surface area (Å²) in [6.45, 7) is 1.64. The Labute approximate surface area is 95.8 Å². The van der Waals surface area contributed by atoms with Gasteiger partial charge in [0, 0.05) is 11.6 Å². The Morgan fingerprint density at radius 2 is 2.38 bits per heavy atom. The maximum atomic E-state index is 10.8. The van der Waals surface area contributed by atoms with Gasteiger partial charge >= 0.3 is 5.97 Å². The molecule has 0 spiro atoms. The molecule has 0 fully saturated rings. The fourth-order valence-electron chi connectivity index (χ4n) is 1.20. The number of carbonyl (C=O) groups is 1. The van der Waals surface area contributed by atoms with Crippen molar-refractivity contribution in [3.05, 3.63) is 34.3 Å². The van der Waals surface area contributed by atoms with Crippen LogP contribution in [0.15, 0.2) is 23.0 Å². The predicted molar refractivity (Wildman–Crippen MR) is 61.3 cm³/mol. The first-order valence-corrected chi connectivity index (χ1v) is 5.47. The van der Waals surface area contributed by atoms with Crippen LogP contribution in [0, 0.1) is 6.92 Å². The van der Waals surface area contributed by atoms with Crippen LogP contribution in [-0.4, -0.2) is 21.0 Å². The van der Waals surface area contributed by atoms with E-state index in [-0.39, 0.29) is 5.56 Å². The van der Waals surface area contributed by atoms with E-state index in [4.69, 9.17) is 5.11 Å². The van der Waals surface area contributed by atoms with Gasteiger partial charge in [-0.25, -0.2) is 14.8 Å². The molecule has 82 valence electrons. The maximum absolute atomic E-state index is 10.8. The predicted octanol–water partition coefficient (Wildman–Crippen LogP) is 2.29. The van der Waals surface area contributed by atoms with Crippen LogP contribution in [0.4, 0.5) is 11.6 Å². The highest BCUT2D eigenvalue weighted by Gasteiger charge is 2.09. The Morgan fingerprint density at radius 1 is 1.56 bits per heavy atom. The van der Waals surface area contributed by atoms with E-state index in [0.29, 0.717) is 11.6 Å². The van der Waals surface area contributed by atoms with Gasteiger partial charge in [-0.2, -0.15) is 11.3 Å². The zero-order valence-electron chi connectivity index (χ0n) is 8.47. The van der Waals surface area contributed by atoms with Crippen LogP contribution in [-0.2, 0) is 0 Å². The van der Waals surface area contributed by atoms with Gasteiger partial charge in [-0.05, 0) is 18.4 Å². The lowest BCUT2D eigenvalue weighted by atomic mass is 10.2. The molecule has 0 amide bonds. The summed E-state index contributed by atoms with van der Waals surface area (Å²) in [5.41, 5.74) is 1.46. The second-order valence-corrected chi connectivity index (χ2v) is 3.91. The first kappa shape index (κ1) is 10.6. The zero-order valence-corrected chi connectivity index (χ0v) is 9.28. The molecule has 0 radical (unpaired) electrons. The summed E-state index contributed by atoms with van der Waals surface area (Å²) in [4.78, 5) is 18.8. The summed E-state index contributed by atoms with van der Waals surface area (Å²) >= 11 is 1.56. The molecule has 2 heterocycles. The first-order chi connectivity index (χ1) is 7.66. The lowest BCUT2D eigenvalue weighted by Gasteiger charge is -2.04. The monoisotopic (exact) mass is 235 g/mol. The van der Waals surface area contributed by atoms with E-state index >= 15 is 0 Å². The van der Waals surface area contributed by atoms with Gasteiger partial charge in [0.1, 0.15) is 0 Å². The molecule has 0 atom stereocenters. The van der Waals surface area contributed by atoms with Crippen LogP contribution < -0.4 is 5.32 Å². The third-order valence-electron chi connectivity index (χ3n) is 1.99. The van der Waals surface area contributed by atoms with Gasteiger partial charge in [-0.15, -0.1) is 0 Å². The molecule has 2 aromatic heterocycles. The van der Waals surface area contributed by atoms with Crippen molar-refractivity contribution in [1.82, 2.24) is 9.97 Å². The number of thiophene rings is 1. The molecular formula is C10H9N3O2S. The molecule has 2 N–H and O–H groups in total. The van der Waals surface area contributed by atoms with Crippen LogP contribution >= 0.6 is 11.3 Å². The lowest BCUT2D eigenvalue weighted by Crippen LogP contribution is -2.05. The summed E-state index contributed by atoms with van der Waals surface area (Å²) in [7, 11) is 0. The van der Waals surface area contributed by atoms with Crippen LogP contribution in [0.1, 0.15) is 16.1 Å². The number of hydrogen-bond donors (Lipinski definition) is 2. The summed E-state index contributed by atoms with van der Waals surface area (Å²) in [6.07, 6.45) is 1.30. The van der Waals surface area contributed by atoms with Crippen molar-refractivity contribution in [2.75, 3.05) is 5.32 Å². The molecule has 0 saturated heterocycles. The SMILES string of the molecule is Cc1nc(Nc2ccsc2)ncc1C(=O)O. The van der Waals surface area contributed by atoms with E-state index in [2.05, 4.69) is 15.3 Å². The average molecular weight is 235 g/mol. The van der Waals surface area contributed by atoms with Gasteiger partial charge in [0.15, 0.2) is 0 Å². The number of nitrogens with one attached hydrogen (secondary N) is 1. The Balaban J connectivity index is 2.24. The summed E-state index contributed by atoms with van der Waals surface area (Å²) in [5, 5.41) is 15.7. The molecule has 0 aliphatic heterocycles. The topological polar surface area (TPSA) is 75.1 Å². The quantitative estimate of drug-likeness (QED) is 0.853. The molecule has 2 aromatic rings. The van der Waals surface area contributed by atoms with Gasteiger partial charge in [-0.1, -0.05) is 0 Å². The number of aryl methyl sites for hydroxylation is 1. The molecule has 2 rings (SSSR count). The second kappa shape index (κ2) is 4.28. The lowest BCUT2D eigenvalue weighted by molar-refractivity contribution is 0.0695. The minimum atomic E-state index is -1.01. The van der Waals surface area contributed by atoms with E-state index in [1.807, 2.05) is 16.8 Å². The molecule has 0 bridgehead atoms. The minimum Gasteiger partial charge on any atom is -0.478 e.